The number of sulfonamides is 1. The zero-order valence-electron chi connectivity index (χ0n) is 14.3. The Morgan fingerprint density at radius 3 is 2.30 bits per heavy atom. The van der Waals surface area contributed by atoms with Crippen molar-refractivity contribution in [1.29, 1.82) is 0 Å². The maximum absolute atomic E-state index is 12.9. The second kappa shape index (κ2) is 4.97. The van der Waals surface area contributed by atoms with Crippen LogP contribution in [-0.4, -0.2) is 38.4 Å². The molecule has 1 aromatic carbocycles. The molecule has 1 amide bonds. The SMILES string of the molecule is CC1CCC(C)N1C(=O)c1ccc2c(c1)C(C)(C)S(=O)(=O)N2C. The Kier molecular flexibility index (Phi) is 3.52. The van der Waals surface area contributed by atoms with Crippen LogP contribution in [0.4, 0.5) is 5.69 Å². The monoisotopic (exact) mass is 336 g/mol. The fourth-order valence-electron chi connectivity index (χ4n) is 3.78. The number of nitrogens with zero attached hydrogens (tertiary/aromatic N) is 2. The predicted molar refractivity (Wildman–Crippen MR) is 91.1 cm³/mol. The van der Waals surface area contributed by atoms with E-state index < -0.39 is 14.8 Å². The number of hydrogen-bond donors (Lipinski definition) is 0. The van der Waals surface area contributed by atoms with E-state index in [0.29, 0.717) is 16.8 Å². The molecule has 0 N–H and O–H groups in total. The van der Waals surface area contributed by atoms with Gasteiger partial charge < -0.3 is 4.90 Å². The van der Waals surface area contributed by atoms with Crippen LogP contribution in [0.3, 0.4) is 0 Å². The number of likely N-dealkylation sites (tertiary alicyclic amines) is 1. The molecule has 0 bridgehead atoms. The van der Waals surface area contributed by atoms with Crippen LogP contribution >= 0.6 is 0 Å². The fraction of sp³-hybridized carbons (Fsp3) is 0.588. The Labute approximate surface area is 138 Å². The molecule has 2 aliphatic rings. The largest absolute Gasteiger partial charge is 0.333 e. The van der Waals surface area contributed by atoms with E-state index >= 15 is 0 Å². The third-order valence-electron chi connectivity index (χ3n) is 5.42. The van der Waals surface area contributed by atoms with Crippen LogP contribution in [0, 0.1) is 0 Å². The molecule has 1 fully saturated rings. The number of carbonyl (C=O) groups excluding carboxylic acids is 1. The highest BCUT2D eigenvalue weighted by Gasteiger charge is 2.48. The topological polar surface area (TPSA) is 57.7 Å². The standard InChI is InChI=1S/C17H24N2O3S/c1-11-6-7-12(2)19(11)16(20)13-8-9-15-14(10-13)17(3,4)23(21,22)18(15)5/h8-12H,6-7H2,1-5H3. The number of benzene rings is 1. The summed E-state index contributed by atoms with van der Waals surface area (Å²) in [5, 5.41) is 0. The minimum atomic E-state index is -3.44. The summed E-state index contributed by atoms with van der Waals surface area (Å²) < 4.78 is 25.4. The first-order chi connectivity index (χ1) is 10.6. The van der Waals surface area contributed by atoms with Gasteiger partial charge in [-0.3, -0.25) is 9.10 Å². The molecule has 0 radical (unpaired) electrons. The highest BCUT2D eigenvalue weighted by molar-refractivity contribution is 7.94. The molecule has 2 aliphatic heterocycles. The van der Waals surface area contributed by atoms with Gasteiger partial charge in [-0.2, -0.15) is 0 Å². The third kappa shape index (κ3) is 2.11. The van der Waals surface area contributed by atoms with Crippen molar-refractivity contribution in [2.24, 2.45) is 0 Å². The van der Waals surface area contributed by atoms with E-state index in [1.165, 1.54) is 4.31 Å². The Morgan fingerprint density at radius 2 is 1.74 bits per heavy atom. The highest BCUT2D eigenvalue weighted by Crippen LogP contribution is 2.46. The van der Waals surface area contributed by atoms with Gasteiger partial charge in [-0.15, -0.1) is 0 Å². The molecule has 2 atom stereocenters. The van der Waals surface area contributed by atoms with Gasteiger partial charge in [0, 0.05) is 24.7 Å². The molecule has 1 aromatic rings. The normalized spacial score (nSPS) is 28.0. The molecule has 126 valence electrons. The first-order valence-electron chi connectivity index (χ1n) is 8.04. The Morgan fingerprint density at radius 1 is 1.17 bits per heavy atom. The van der Waals surface area contributed by atoms with Crippen molar-refractivity contribution < 1.29 is 13.2 Å². The van der Waals surface area contributed by atoms with Gasteiger partial charge in [0.05, 0.1) is 5.69 Å². The summed E-state index contributed by atoms with van der Waals surface area (Å²) in [6.45, 7) is 7.52. The number of rotatable bonds is 1. The van der Waals surface area contributed by atoms with E-state index in [1.807, 2.05) is 4.90 Å². The van der Waals surface area contributed by atoms with E-state index in [4.69, 9.17) is 0 Å². The lowest BCUT2D eigenvalue weighted by Gasteiger charge is -2.27. The Balaban J connectivity index is 2.05. The summed E-state index contributed by atoms with van der Waals surface area (Å²) in [7, 11) is -1.87. The fourth-order valence-corrected chi connectivity index (χ4v) is 5.33. The van der Waals surface area contributed by atoms with Crippen molar-refractivity contribution in [3.8, 4) is 0 Å². The van der Waals surface area contributed by atoms with E-state index in [9.17, 15) is 13.2 Å². The number of anilines is 1. The van der Waals surface area contributed by atoms with Crippen molar-refractivity contribution in [2.45, 2.75) is 57.4 Å². The summed E-state index contributed by atoms with van der Waals surface area (Å²) in [4.78, 5) is 14.8. The van der Waals surface area contributed by atoms with Gasteiger partial charge in [0.15, 0.2) is 0 Å². The van der Waals surface area contributed by atoms with Crippen molar-refractivity contribution >= 4 is 21.6 Å². The lowest BCUT2D eigenvalue weighted by Crippen LogP contribution is -2.38. The minimum absolute atomic E-state index is 0.00643. The first-order valence-corrected chi connectivity index (χ1v) is 9.48. The van der Waals surface area contributed by atoms with Gasteiger partial charge in [-0.1, -0.05) is 0 Å². The van der Waals surface area contributed by atoms with E-state index in [0.717, 1.165) is 12.8 Å². The van der Waals surface area contributed by atoms with Crippen molar-refractivity contribution in [3.05, 3.63) is 29.3 Å². The molecule has 0 saturated carbocycles. The van der Waals surface area contributed by atoms with Crippen LogP contribution in [0.2, 0.25) is 0 Å². The van der Waals surface area contributed by atoms with Crippen molar-refractivity contribution in [2.75, 3.05) is 11.4 Å². The van der Waals surface area contributed by atoms with E-state index in [2.05, 4.69) is 13.8 Å². The van der Waals surface area contributed by atoms with E-state index in [1.54, 1.807) is 39.1 Å². The summed E-state index contributed by atoms with van der Waals surface area (Å²) in [5.74, 6) is -0.00643. The molecule has 0 aromatic heterocycles. The molecular weight excluding hydrogens is 312 g/mol. The van der Waals surface area contributed by atoms with Crippen molar-refractivity contribution in [1.82, 2.24) is 4.90 Å². The van der Waals surface area contributed by atoms with Gasteiger partial charge in [0.1, 0.15) is 4.75 Å². The van der Waals surface area contributed by atoms with Gasteiger partial charge in [-0.25, -0.2) is 8.42 Å². The molecule has 2 unspecified atom stereocenters. The van der Waals surface area contributed by atoms with Crippen LogP contribution in [0.15, 0.2) is 18.2 Å². The van der Waals surface area contributed by atoms with Crippen LogP contribution in [-0.2, 0) is 14.8 Å². The molecule has 2 heterocycles. The van der Waals surface area contributed by atoms with Gasteiger partial charge in [0.2, 0.25) is 10.0 Å². The Bertz CT molecular complexity index is 760. The molecule has 1 saturated heterocycles. The summed E-state index contributed by atoms with van der Waals surface area (Å²) >= 11 is 0. The second-order valence-corrected chi connectivity index (χ2v) is 9.72. The van der Waals surface area contributed by atoms with Gasteiger partial charge in [0.25, 0.3) is 5.91 Å². The summed E-state index contributed by atoms with van der Waals surface area (Å²) in [6, 6.07) is 5.71. The molecule has 0 spiro atoms. The average molecular weight is 336 g/mol. The summed E-state index contributed by atoms with van der Waals surface area (Å²) in [5.41, 5.74) is 1.93. The van der Waals surface area contributed by atoms with E-state index in [-0.39, 0.29) is 18.0 Å². The third-order valence-corrected chi connectivity index (χ3v) is 7.85. The second-order valence-electron chi connectivity index (χ2n) is 7.20. The zero-order chi connectivity index (χ0) is 17.2. The quantitative estimate of drug-likeness (QED) is 0.792. The minimum Gasteiger partial charge on any atom is -0.333 e. The zero-order valence-corrected chi connectivity index (χ0v) is 15.1. The highest BCUT2D eigenvalue weighted by atomic mass is 32.2. The smallest absolute Gasteiger partial charge is 0.254 e. The number of hydrogen-bond acceptors (Lipinski definition) is 3. The molecule has 23 heavy (non-hydrogen) atoms. The summed E-state index contributed by atoms with van der Waals surface area (Å²) in [6.07, 6.45) is 2.03. The number of amides is 1. The predicted octanol–water partition coefficient (Wildman–Crippen LogP) is 2.71. The maximum Gasteiger partial charge on any atom is 0.254 e. The van der Waals surface area contributed by atoms with Crippen LogP contribution in [0.5, 0.6) is 0 Å². The molecule has 5 nitrogen and oxygen atoms in total. The number of fused-ring (bicyclic) bond motifs is 1. The van der Waals surface area contributed by atoms with Crippen LogP contribution in [0.1, 0.15) is 56.5 Å². The maximum atomic E-state index is 12.9. The molecule has 0 aliphatic carbocycles. The Hall–Kier alpha value is -1.56. The lowest BCUT2D eigenvalue weighted by atomic mass is 9.97. The van der Waals surface area contributed by atoms with Crippen LogP contribution in [0.25, 0.3) is 0 Å². The van der Waals surface area contributed by atoms with Gasteiger partial charge in [-0.05, 0) is 64.3 Å². The average Bonchev–Trinajstić information content (AvgIpc) is 2.89. The molecule has 6 heteroatoms. The number of carbonyl (C=O) groups is 1. The van der Waals surface area contributed by atoms with Crippen LogP contribution < -0.4 is 4.31 Å². The lowest BCUT2D eigenvalue weighted by molar-refractivity contribution is 0.0692. The molecule has 3 rings (SSSR count). The molecular formula is C17H24N2O3S. The van der Waals surface area contributed by atoms with Crippen molar-refractivity contribution in [3.63, 3.8) is 0 Å². The first kappa shape index (κ1) is 16.3. The van der Waals surface area contributed by atoms with Gasteiger partial charge >= 0.3 is 0 Å².